The first-order chi connectivity index (χ1) is 8.57. The van der Waals surface area contributed by atoms with E-state index in [4.69, 9.17) is 4.74 Å². The van der Waals surface area contributed by atoms with Crippen LogP contribution >= 0.6 is 0 Å². The monoisotopic (exact) mass is 274 g/mol. The maximum atomic E-state index is 11.8. The maximum absolute atomic E-state index is 11.8. The van der Waals surface area contributed by atoms with Crippen molar-refractivity contribution in [3.63, 3.8) is 0 Å². The molecule has 1 unspecified atom stereocenters. The molecule has 4 heteroatoms. The van der Waals surface area contributed by atoms with E-state index < -0.39 is 11.2 Å². The average molecular weight is 274 g/mol. The molecule has 0 radical (unpaired) electrons. The van der Waals surface area contributed by atoms with Crippen LogP contribution in [-0.4, -0.2) is 22.9 Å². The molecule has 106 valence electrons. The SMILES string of the molecule is CCCCCCCC[S+]([O-])/C(C)=C\COC(C)=O. The van der Waals surface area contributed by atoms with Crippen LogP contribution in [0.5, 0.6) is 0 Å². The van der Waals surface area contributed by atoms with Gasteiger partial charge in [-0.15, -0.1) is 0 Å². The predicted octanol–water partition coefficient (Wildman–Crippen LogP) is 3.56. The first-order valence-electron chi connectivity index (χ1n) is 6.76. The Kier molecular flexibility index (Phi) is 11.3. The van der Waals surface area contributed by atoms with Crippen molar-refractivity contribution in [1.82, 2.24) is 0 Å². The van der Waals surface area contributed by atoms with E-state index in [1.54, 1.807) is 6.08 Å². The Bertz CT molecular complexity index is 251. The minimum absolute atomic E-state index is 0.226. The predicted molar refractivity (Wildman–Crippen MR) is 76.8 cm³/mol. The molecule has 1 atom stereocenters. The molecule has 0 saturated carbocycles. The number of esters is 1. The van der Waals surface area contributed by atoms with Gasteiger partial charge in [0, 0.05) is 19.9 Å². The van der Waals surface area contributed by atoms with Crippen molar-refractivity contribution in [2.45, 2.75) is 59.3 Å². The molecule has 0 amide bonds. The normalized spacial score (nSPS) is 13.4. The van der Waals surface area contributed by atoms with Crippen molar-refractivity contribution in [3.8, 4) is 0 Å². The molecule has 0 aliphatic rings. The number of hydrogen-bond acceptors (Lipinski definition) is 3. The third-order valence-corrected chi connectivity index (χ3v) is 4.24. The van der Waals surface area contributed by atoms with Gasteiger partial charge in [0.2, 0.25) is 0 Å². The standard InChI is InChI=1S/C14H26O3S/c1-4-5-6-7-8-9-12-18(16)13(2)10-11-17-14(3)15/h10H,4-9,11-12H2,1-3H3/b13-10-. The molecule has 0 fully saturated rings. The lowest BCUT2D eigenvalue weighted by Crippen LogP contribution is -2.09. The van der Waals surface area contributed by atoms with Gasteiger partial charge in [0.15, 0.2) is 0 Å². The number of unbranched alkanes of at least 4 members (excludes halogenated alkanes) is 5. The third kappa shape index (κ3) is 10.7. The zero-order chi connectivity index (χ0) is 13.8. The summed E-state index contributed by atoms with van der Waals surface area (Å²) in [6.45, 7) is 5.63. The maximum Gasteiger partial charge on any atom is 0.302 e. The summed E-state index contributed by atoms with van der Waals surface area (Å²) >= 11 is -0.917. The zero-order valence-corrected chi connectivity index (χ0v) is 12.7. The van der Waals surface area contributed by atoms with Gasteiger partial charge >= 0.3 is 5.97 Å². The van der Waals surface area contributed by atoms with Crippen LogP contribution in [0.4, 0.5) is 0 Å². The van der Waals surface area contributed by atoms with E-state index in [9.17, 15) is 9.35 Å². The number of hydrogen-bond donors (Lipinski definition) is 0. The van der Waals surface area contributed by atoms with Gasteiger partial charge in [-0.05, 0) is 24.0 Å². The largest absolute Gasteiger partial charge is 0.612 e. The molecule has 0 aromatic rings. The summed E-state index contributed by atoms with van der Waals surface area (Å²) in [5, 5.41) is 0. The van der Waals surface area contributed by atoms with Gasteiger partial charge in [-0.3, -0.25) is 4.79 Å². The fraction of sp³-hybridized carbons (Fsp3) is 0.786. The molecule has 0 aliphatic heterocycles. The smallest absolute Gasteiger partial charge is 0.302 e. The summed E-state index contributed by atoms with van der Waals surface area (Å²) in [6, 6.07) is 0. The van der Waals surface area contributed by atoms with Crippen molar-refractivity contribution in [2.24, 2.45) is 0 Å². The topological polar surface area (TPSA) is 49.4 Å². The summed E-state index contributed by atoms with van der Waals surface area (Å²) < 4.78 is 16.6. The number of rotatable bonds is 10. The lowest BCUT2D eigenvalue weighted by molar-refractivity contribution is -0.139. The minimum Gasteiger partial charge on any atom is -0.612 e. The molecule has 0 bridgehead atoms. The molecule has 0 rings (SSSR count). The molecule has 0 aromatic heterocycles. The van der Waals surface area contributed by atoms with Gasteiger partial charge in [0.1, 0.15) is 17.3 Å². The zero-order valence-electron chi connectivity index (χ0n) is 11.9. The Morgan fingerprint density at radius 3 is 2.39 bits per heavy atom. The molecule has 18 heavy (non-hydrogen) atoms. The fourth-order valence-corrected chi connectivity index (χ4v) is 2.59. The van der Waals surface area contributed by atoms with Crippen molar-refractivity contribution in [2.75, 3.05) is 12.4 Å². The molecule has 0 N–H and O–H groups in total. The summed E-state index contributed by atoms with van der Waals surface area (Å²) in [7, 11) is 0. The van der Waals surface area contributed by atoms with Crippen molar-refractivity contribution in [1.29, 1.82) is 0 Å². The second-order valence-electron chi connectivity index (χ2n) is 4.43. The highest BCUT2D eigenvalue weighted by Crippen LogP contribution is 2.11. The highest BCUT2D eigenvalue weighted by molar-refractivity contribution is 7.95. The lowest BCUT2D eigenvalue weighted by Gasteiger charge is -2.10. The molecule has 0 aliphatic carbocycles. The first-order valence-corrected chi connectivity index (χ1v) is 8.08. The van der Waals surface area contributed by atoms with Gasteiger partial charge < -0.3 is 9.29 Å². The van der Waals surface area contributed by atoms with E-state index in [0.717, 1.165) is 17.7 Å². The van der Waals surface area contributed by atoms with Gasteiger partial charge in [-0.25, -0.2) is 0 Å². The Morgan fingerprint density at radius 2 is 1.78 bits per heavy atom. The van der Waals surface area contributed by atoms with E-state index >= 15 is 0 Å². The second-order valence-corrected chi connectivity index (χ2v) is 6.18. The molecule has 0 spiro atoms. The highest BCUT2D eigenvalue weighted by Gasteiger charge is 2.08. The van der Waals surface area contributed by atoms with Crippen LogP contribution in [0.15, 0.2) is 11.0 Å². The molecule has 0 aromatic carbocycles. The van der Waals surface area contributed by atoms with Crippen LogP contribution in [0, 0.1) is 0 Å². The van der Waals surface area contributed by atoms with E-state index in [-0.39, 0.29) is 12.6 Å². The lowest BCUT2D eigenvalue weighted by atomic mass is 10.1. The van der Waals surface area contributed by atoms with E-state index in [0.29, 0.717) is 5.75 Å². The van der Waals surface area contributed by atoms with Gasteiger partial charge in [0.05, 0.1) is 0 Å². The van der Waals surface area contributed by atoms with E-state index in [1.807, 2.05) is 6.92 Å². The summed E-state index contributed by atoms with van der Waals surface area (Å²) in [5.74, 6) is 0.412. The number of allylic oxidation sites excluding steroid dienone is 1. The van der Waals surface area contributed by atoms with Crippen LogP contribution in [0.2, 0.25) is 0 Å². The highest BCUT2D eigenvalue weighted by atomic mass is 32.2. The first kappa shape index (κ1) is 17.5. The molecule has 0 saturated heterocycles. The summed E-state index contributed by atoms with van der Waals surface area (Å²) in [4.78, 5) is 11.4. The molecule has 3 nitrogen and oxygen atoms in total. The quantitative estimate of drug-likeness (QED) is 0.348. The third-order valence-electron chi connectivity index (χ3n) is 2.70. The Labute approximate surface area is 114 Å². The van der Waals surface area contributed by atoms with Crippen LogP contribution in [0.25, 0.3) is 0 Å². The van der Waals surface area contributed by atoms with Crippen LogP contribution in [-0.2, 0) is 20.7 Å². The van der Waals surface area contributed by atoms with Crippen LogP contribution in [0.1, 0.15) is 59.3 Å². The Balaban J connectivity index is 3.60. The molecular weight excluding hydrogens is 248 g/mol. The molecule has 0 heterocycles. The van der Waals surface area contributed by atoms with E-state index in [1.165, 1.54) is 32.6 Å². The van der Waals surface area contributed by atoms with Crippen LogP contribution < -0.4 is 0 Å². The number of ether oxygens (including phenoxy) is 1. The number of carbonyl (C=O) groups excluding carboxylic acids is 1. The summed E-state index contributed by atoms with van der Waals surface area (Å²) in [6.07, 6.45) is 8.96. The van der Waals surface area contributed by atoms with Gasteiger partial charge in [0.25, 0.3) is 0 Å². The Hall–Kier alpha value is -0.480. The average Bonchev–Trinajstić information content (AvgIpc) is 2.32. The van der Waals surface area contributed by atoms with Crippen molar-refractivity contribution < 1.29 is 14.1 Å². The second kappa shape index (κ2) is 11.6. The van der Waals surface area contributed by atoms with Crippen molar-refractivity contribution >= 4 is 17.1 Å². The minimum atomic E-state index is -0.917. The van der Waals surface area contributed by atoms with Crippen LogP contribution in [0.3, 0.4) is 0 Å². The molecular formula is C14H26O3S. The van der Waals surface area contributed by atoms with E-state index in [2.05, 4.69) is 6.92 Å². The van der Waals surface area contributed by atoms with Gasteiger partial charge in [-0.2, -0.15) is 0 Å². The van der Waals surface area contributed by atoms with Crippen molar-refractivity contribution in [3.05, 3.63) is 11.0 Å². The summed E-state index contributed by atoms with van der Waals surface area (Å²) in [5.41, 5.74) is 0. The number of carbonyl (C=O) groups is 1. The fourth-order valence-electron chi connectivity index (χ4n) is 1.54. The van der Waals surface area contributed by atoms with Gasteiger partial charge in [-0.1, -0.05) is 32.6 Å². The Morgan fingerprint density at radius 1 is 1.17 bits per heavy atom.